The Morgan fingerprint density at radius 1 is 1.10 bits per heavy atom. The van der Waals surface area contributed by atoms with Crippen LogP contribution in [-0.4, -0.2) is 33.7 Å². The molecule has 148 valence electrons. The number of nitro benzene ring substituents is 1. The number of benzene rings is 2. The molecule has 0 bridgehead atoms. The lowest BCUT2D eigenvalue weighted by Gasteiger charge is -2.21. The van der Waals surface area contributed by atoms with Crippen LogP contribution >= 0.6 is 0 Å². The molecule has 8 heteroatoms. The van der Waals surface area contributed by atoms with Gasteiger partial charge >= 0.3 is 0 Å². The van der Waals surface area contributed by atoms with E-state index in [1.54, 1.807) is 16.9 Å². The molecular weight excluding hydrogens is 370 g/mol. The third-order valence-electron chi connectivity index (χ3n) is 5.06. The predicted molar refractivity (Wildman–Crippen MR) is 109 cm³/mol. The van der Waals surface area contributed by atoms with E-state index in [1.165, 1.54) is 12.1 Å². The molecule has 0 aliphatic carbocycles. The molecule has 0 unspecified atom stereocenters. The molecule has 0 radical (unpaired) electrons. The van der Waals surface area contributed by atoms with Crippen molar-refractivity contribution in [1.82, 2.24) is 15.1 Å². The third-order valence-corrected chi connectivity index (χ3v) is 5.06. The van der Waals surface area contributed by atoms with E-state index in [0.29, 0.717) is 5.56 Å². The highest BCUT2D eigenvalue weighted by molar-refractivity contribution is 6.00. The van der Waals surface area contributed by atoms with Gasteiger partial charge in [-0.2, -0.15) is 5.10 Å². The first-order chi connectivity index (χ1) is 14.1. The van der Waals surface area contributed by atoms with Gasteiger partial charge in [0.15, 0.2) is 0 Å². The first-order valence-electron chi connectivity index (χ1n) is 9.53. The quantitative estimate of drug-likeness (QED) is 0.514. The van der Waals surface area contributed by atoms with E-state index in [9.17, 15) is 14.9 Å². The van der Waals surface area contributed by atoms with E-state index in [-0.39, 0.29) is 18.1 Å². The second-order valence-electron chi connectivity index (χ2n) is 6.91. The van der Waals surface area contributed by atoms with Gasteiger partial charge in [-0.1, -0.05) is 18.2 Å². The number of hydrogen-bond donors (Lipinski definition) is 1. The van der Waals surface area contributed by atoms with Crippen LogP contribution in [0.4, 0.5) is 11.4 Å². The standard InChI is InChI=1S/C21H21N5O3/c27-21(22-15-16-6-1-2-7-19(16)25-13-5-10-23-25)18-14-17(26(28)29)8-9-20(18)24-11-3-4-12-24/h1-2,5-10,13-14H,3-4,11-12,15H2,(H,22,27). The monoisotopic (exact) mass is 391 g/mol. The molecule has 2 heterocycles. The van der Waals surface area contributed by atoms with Crippen LogP contribution in [0.25, 0.3) is 5.69 Å². The number of non-ortho nitro benzene ring substituents is 1. The lowest BCUT2D eigenvalue weighted by atomic mass is 10.1. The summed E-state index contributed by atoms with van der Waals surface area (Å²) in [7, 11) is 0. The van der Waals surface area contributed by atoms with Crippen LogP contribution < -0.4 is 10.2 Å². The number of carbonyl (C=O) groups excluding carboxylic acids is 1. The van der Waals surface area contributed by atoms with Crippen LogP contribution in [0.2, 0.25) is 0 Å². The van der Waals surface area contributed by atoms with Crippen LogP contribution in [0, 0.1) is 10.1 Å². The largest absolute Gasteiger partial charge is 0.371 e. The lowest BCUT2D eigenvalue weighted by Crippen LogP contribution is -2.27. The SMILES string of the molecule is O=C(NCc1ccccc1-n1cccn1)c1cc([N+](=O)[O-])ccc1N1CCCC1. The number of para-hydroxylation sites is 1. The normalized spacial score (nSPS) is 13.4. The van der Waals surface area contributed by atoms with Crippen molar-refractivity contribution in [3.63, 3.8) is 0 Å². The molecule has 1 amide bonds. The number of aromatic nitrogens is 2. The number of rotatable bonds is 6. The molecule has 0 atom stereocenters. The fourth-order valence-corrected chi connectivity index (χ4v) is 3.62. The van der Waals surface area contributed by atoms with Gasteiger partial charge in [0.05, 0.1) is 21.9 Å². The van der Waals surface area contributed by atoms with Gasteiger partial charge in [-0.05, 0) is 36.6 Å². The van der Waals surface area contributed by atoms with Crippen LogP contribution in [-0.2, 0) is 6.54 Å². The van der Waals surface area contributed by atoms with Gasteiger partial charge in [0.25, 0.3) is 11.6 Å². The fourth-order valence-electron chi connectivity index (χ4n) is 3.62. The second kappa shape index (κ2) is 8.14. The lowest BCUT2D eigenvalue weighted by molar-refractivity contribution is -0.384. The molecule has 8 nitrogen and oxygen atoms in total. The molecule has 3 aromatic rings. The van der Waals surface area contributed by atoms with Crippen molar-refractivity contribution < 1.29 is 9.72 Å². The van der Waals surface area contributed by atoms with Gasteiger partial charge in [-0.15, -0.1) is 0 Å². The minimum Gasteiger partial charge on any atom is -0.371 e. The van der Waals surface area contributed by atoms with Crippen LogP contribution in [0.15, 0.2) is 60.9 Å². The van der Waals surface area contributed by atoms with Crippen molar-refractivity contribution in [2.24, 2.45) is 0 Å². The topological polar surface area (TPSA) is 93.3 Å². The highest BCUT2D eigenvalue weighted by atomic mass is 16.6. The Bertz CT molecular complexity index is 1030. The molecule has 4 rings (SSSR count). The highest BCUT2D eigenvalue weighted by Gasteiger charge is 2.22. The average Bonchev–Trinajstić information content (AvgIpc) is 3.46. The molecule has 1 aromatic heterocycles. The maximum absolute atomic E-state index is 13.0. The van der Waals surface area contributed by atoms with E-state index in [0.717, 1.165) is 42.9 Å². The van der Waals surface area contributed by atoms with Gasteiger partial charge in [0.2, 0.25) is 0 Å². The minimum absolute atomic E-state index is 0.0879. The zero-order chi connectivity index (χ0) is 20.2. The van der Waals surface area contributed by atoms with Crippen molar-refractivity contribution in [3.05, 3.63) is 82.2 Å². The molecule has 0 spiro atoms. The number of hydrogen-bond acceptors (Lipinski definition) is 5. The third kappa shape index (κ3) is 3.96. The Balaban J connectivity index is 1.59. The Morgan fingerprint density at radius 2 is 1.90 bits per heavy atom. The van der Waals surface area contributed by atoms with E-state index in [4.69, 9.17) is 0 Å². The Hall–Kier alpha value is -3.68. The number of carbonyl (C=O) groups is 1. The molecule has 1 aliphatic heterocycles. The van der Waals surface area contributed by atoms with E-state index < -0.39 is 4.92 Å². The summed E-state index contributed by atoms with van der Waals surface area (Å²) >= 11 is 0. The summed E-state index contributed by atoms with van der Waals surface area (Å²) in [5.41, 5.74) is 2.76. The van der Waals surface area contributed by atoms with Crippen molar-refractivity contribution >= 4 is 17.3 Å². The van der Waals surface area contributed by atoms with E-state index in [1.807, 2.05) is 36.5 Å². The highest BCUT2D eigenvalue weighted by Crippen LogP contribution is 2.28. The number of amides is 1. The van der Waals surface area contributed by atoms with Crippen molar-refractivity contribution in [2.45, 2.75) is 19.4 Å². The zero-order valence-corrected chi connectivity index (χ0v) is 15.8. The minimum atomic E-state index is -0.475. The Kier molecular flexibility index (Phi) is 5.24. The Morgan fingerprint density at radius 3 is 2.62 bits per heavy atom. The summed E-state index contributed by atoms with van der Waals surface area (Å²) in [6.45, 7) is 1.98. The maximum Gasteiger partial charge on any atom is 0.270 e. The van der Waals surface area contributed by atoms with Crippen molar-refractivity contribution in [1.29, 1.82) is 0 Å². The molecule has 29 heavy (non-hydrogen) atoms. The summed E-state index contributed by atoms with van der Waals surface area (Å²) in [4.78, 5) is 25.8. The number of nitro groups is 1. The van der Waals surface area contributed by atoms with Gasteiger partial charge < -0.3 is 10.2 Å². The van der Waals surface area contributed by atoms with Gasteiger partial charge in [-0.25, -0.2) is 4.68 Å². The smallest absolute Gasteiger partial charge is 0.270 e. The van der Waals surface area contributed by atoms with Gasteiger partial charge in [-0.3, -0.25) is 14.9 Å². The maximum atomic E-state index is 13.0. The average molecular weight is 391 g/mol. The van der Waals surface area contributed by atoms with E-state index in [2.05, 4.69) is 15.3 Å². The molecule has 1 N–H and O–H groups in total. The second-order valence-corrected chi connectivity index (χ2v) is 6.91. The number of anilines is 1. The summed E-state index contributed by atoms with van der Waals surface area (Å²) in [5.74, 6) is -0.328. The van der Waals surface area contributed by atoms with Gasteiger partial charge in [0, 0.05) is 44.2 Å². The summed E-state index contributed by atoms with van der Waals surface area (Å²) in [5, 5.41) is 18.4. The first kappa shape index (κ1) is 18.7. The fraction of sp³-hybridized carbons (Fsp3) is 0.238. The Labute approximate surface area is 167 Å². The van der Waals surface area contributed by atoms with E-state index >= 15 is 0 Å². The summed E-state index contributed by atoms with van der Waals surface area (Å²) < 4.78 is 1.74. The number of nitrogens with zero attached hydrogens (tertiary/aromatic N) is 4. The predicted octanol–water partition coefficient (Wildman–Crippen LogP) is 3.31. The molecule has 1 fully saturated rings. The number of nitrogens with one attached hydrogen (secondary N) is 1. The molecule has 1 aliphatic rings. The van der Waals surface area contributed by atoms with Gasteiger partial charge in [0.1, 0.15) is 0 Å². The van der Waals surface area contributed by atoms with Crippen LogP contribution in [0.5, 0.6) is 0 Å². The molecule has 1 saturated heterocycles. The van der Waals surface area contributed by atoms with Crippen molar-refractivity contribution in [2.75, 3.05) is 18.0 Å². The molecule has 2 aromatic carbocycles. The van der Waals surface area contributed by atoms with Crippen LogP contribution in [0.1, 0.15) is 28.8 Å². The summed E-state index contributed by atoms with van der Waals surface area (Å²) in [6.07, 6.45) is 5.64. The molecular formula is C21H21N5O3. The summed E-state index contributed by atoms with van der Waals surface area (Å²) in [6, 6.07) is 14.0. The first-order valence-corrected chi connectivity index (χ1v) is 9.53. The zero-order valence-electron chi connectivity index (χ0n) is 15.8. The molecule has 0 saturated carbocycles. The van der Waals surface area contributed by atoms with Crippen molar-refractivity contribution in [3.8, 4) is 5.69 Å². The van der Waals surface area contributed by atoms with Crippen LogP contribution in [0.3, 0.4) is 0 Å².